The van der Waals surface area contributed by atoms with Gasteiger partial charge in [0.15, 0.2) is 0 Å². The molecule has 3 aromatic rings. The summed E-state index contributed by atoms with van der Waals surface area (Å²) in [5.41, 5.74) is 2.07. The van der Waals surface area contributed by atoms with E-state index in [4.69, 9.17) is 4.42 Å². The second-order valence-corrected chi connectivity index (χ2v) is 8.81. The van der Waals surface area contributed by atoms with Crippen LogP contribution in [0.4, 0.5) is 5.69 Å². The number of para-hydroxylation sites is 1. The SMILES string of the molecule is CS(=O)(=O)c1ncc2c(n1)CCN(Cc1ccc(-c3ccccc3[N+](=O)[O-])o1)C2. The molecule has 0 atom stereocenters. The maximum Gasteiger partial charge on any atom is 0.280 e. The molecule has 0 spiro atoms. The first-order chi connectivity index (χ1) is 13.8. The third kappa shape index (κ3) is 4.03. The van der Waals surface area contributed by atoms with Crippen molar-refractivity contribution in [2.75, 3.05) is 12.8 Å². The van der Waals surface area contributed by atoms with Crippen molar-refractivity contribution in [3.05, 3.63) is 69.7 Å². The summed E-state index contributed by atoms with van der Waals surface area (Å²) in [6, 6.07) is 10.0. The van der Waals surface area contributed by atoms with Gasteiger partial charge in [-0.2, -0.15) is 0 Å². The highest BCUT2D eigenvalue weighted by molar-refractivity contribution is 7.90. The predicted octanol–water partition coefficient (Wildman–Crippen LogP) is 2.61. The Morgan fingerprint density at radius 3 is 2.79 bits per heavy atom. The molecule has 3 heterocycles. The third-order valence-electron chi connectivity index (χ3n) is 4.73. The number of nitrogens with zero attached hydrogens (tertiary/aromatic N) is 4. The summed E-state index contributed by atoms with van der Waals surface area (Å²) in [5, 5.41) is 11.1. The molecule has 10 heteroatoms. The Morgan fingerprint density at radius 1 is 1.24 bits per heavy atom. The maximum absolute atomic E-state index is 11.6. The zero-order valence-corrected chi connectivity index (χ0v) is 16.4. The molecule has 150 valence electrons. The number of nitro benzene ring substituents is 1. The highest BCUT2D eigenvalue weighted by Crippen LogP contribution is 2.31. The molecular formula is C19H18N4O5S. The predicted molar refractivity (Wildman–Crippen MR) is 104 cm³/mol. The van der Waals surface area contributed by atoms with E-state index in [0.717, 1.165) is 17.5 Å². The Kier molecular flexibility index (Phi) is 4.89. The number of nitro groups is 1. The van der Waals surface area contributed by atoms with Gasteiger partial charge in [0.25, 0.3) is 5.69 Å². The van der Waals surface area contributed by atoms with Crippen molar-refractivity contribution in [3.63, 3.8) is 0 Å². The Balaban J connectivity index is 1.50. The van der Waals surface area contributed by atoms with E-state index in [9.17, 15) is 18.5 Å². The van der Waals surface area contributed by atoms with Gasteiger partial charge in [-0.15, -0.1) is 0 Å². The van der Waals surface area contributed by atoms with Crippen molar-refractivity contribution < 1.29 is 17.8 Å². The van der Waals surface area contributed by atoms with Gasteiger partial charge in [0.2, 0.25) is 15.0 Å². The summed E-state index contributed by atoms with van der Waals surface area (Å²) in [5.74, 6) is 1.14. The van der Waals surface area contributed by atoms with Gasteiger partial charge in [0.1, 0.15) is 11.5 Å². The number of fused-ring (bicyclic) bond motifs is 1. The smallest absolute Gasteiger partial charge is 0.280 e. The van der Waals surface area contributed by atoms with Gasteiger partial charge in [-0.3, -0.25) is 15.0 Å². The average molecular weight is 414 g/mol. The number of hydrogen-bond acceptors (Lipinski definition) is 8. The Bertz CT molecular complexity index is 1190. The minimum Gasteiger partial charge on any atom is -0.459 e. The number of sulfone groups is 1. The molecule has 1 aromatic carbocycles. The van der Waals surface area contributed by atoms with Gasteiger partial charge >= 0.3 is 0 Å². The first-order valence-electron chi connectivity index (χ1n) is 8.91. The van der Waals surface area contributed by atoms with E-state index in [1.807, 2.05) is 6.07 Å². The van der Waals surface area contributed by atoms with E-state index < -0.39 is 14.8 Å². The largest absolute Gasteiger partial charge is 0.459 e. The third-order valence-corrected chi connectivity index (χ3v) is 5.59. The fourth-order valence-corrected chi connectivity index (χ4v) is 3.86. The molecule has 0 amide bonds. The van der Waals surface area contributed by atoms with Crippen LogP contribution in [-0.4, -0.2) is 41.0 Å². The van der Waals surface area contributed by atoms with E-state index in [1.165, 1.54) is 6.07 Å². The van der Waals surface area contributed by atoms with Crippen LogP contribution in [0.3, 0.4) is 0 Å². The molecular weight excluding hydrogens is 396 g/mol. The molecule has 1 aliphatic heterocycles. The van der Waals surface area contributed by atoms with Crippen LogP contribution in [0.2, 0.25) is 0 Å². The summed E-state index contributed by atoms with van der Waals surface area (Å²) in [6.45, 7) is 1.78. The molecule has 9 nitrogen and oxygen atoms in total. The lowest BCUT2D eigenvalue weighted by molar-refractivity contribution is -0.384. The van der Waals surface area contributed by atoms with Crippen LogP contribution < -0.4 is 0 Å². The van der Waals surface area contributed by atoms with Crippen LogP contribution in [0, 0.1) is 10.1 Å². The van der Waals surface area contributed by atoms with Crippen molar-refractivity contribution >= 4 is 15.5 Å². The fourth-order valence-electron chi connectivity index (χ4n) is 3.34. The van der Waals surface area contributed by atoms with E-state index in [0.29, 0.717) is 43.1 Å². The Hall–Kier alpha value is -3.11. The Morgan fingerprint density at radius 2 is 2.03 bits per heavy atom. The molecule has 1 aliphatic rings. The lowest BCUT2D eigenvalue weighted by Crippen LogP contribution is -2.31. The highest BCUT2D eigenvalue weighted by Gasteiger charge is 2.23. The molecule has 0 bridgehead atoms. The van der Waals surface area contributed by atoms with Crippen LogP contribution in [0.1, 0.15) is 17.0 Å². The number of furan rings is 1. The zero-order chi connectivity index (χ0) is 20.6. The molecule has 29 heavy (non-hydrogen) atoms. The van der Waals surface area contributed by atoms with Crippen molar-refractivity contribution in [3.8, 4) is 11.3 Å². The van der Waals surface area contributed by atoms with Crippen LogP contribution in [0.5, 0.6) is 0 Å². The summed E-state index contributed by atoms with van der Waals surface area (Å²) in [4.78, 5) is 21.1. The fraction of sp³-hybridized carbons (Fsp3) is 0.263. The second kappa shape index (κ2) is 7.37. The topological polar surface area (TPSA) is 119 Å². The second-order valence-electron chi connectivity index (χ2n) is 6.90. The van der Waals surface area contributed by atoms with Gasteiger partial charge in [-0.1, -0.05) is 12.1 Å². The quantitative estimate of drug-likeness (QED) is 0.355. The molecule has 0 fully saturated rings. The van der Waals surface area contributed by atoms with Gasteiger partial charge < -0.3 is 4.42 Å². The van der Waals surface area contributed by atoms with Crippen molar-refractivity contribution in [2.24, 2.45) is 0 Å². The minimum absolute atomic E-state index is 0.000806. The molecule has 4 rings (SSSR count). The van der Waals surface area contributed by atoms with E-state index >= 15 is 0 Å². The number of hydrogen-bond donors (Lipinski definition) is 0. The van der Waals surface area contributed by atoms with E-state index in [2.05, 4.69) is 14.9 Å². The number of rotatable bonds is 5. The minimum atomic E-state index is -3.43. The first-order valence-corrected chi connectivity index (χ1v) is 10.8. The summed E-state index contributed by atoms with van der Waals surface area (Å²) < 4.78 is 29.1. The standard InChI is InChI=1S/C19H18N4O5S/c1-29(26,27)19-20-10-13-11-22(9-8-16(13)21-19)12-14-6-7-18(28-14)15-4-2-3-5-17(15)23(24)25/h2-7,10H,8-9,11-12H2,1H3. The average Bonchev–Trinajstić information content (AvgIpc) is 3.15. The summed E-state index contributed by atoms with van der Waals surface area (Å²) in [7, 11) is -3.43. The van der Waals surface area contributed by atoms with E-state index in [1.54, 1.807) is 30.5 Å². The molecule has 0 saturated carbocycles. The summed E-state index contributed by atoms with van der Waals surface area (Å²) in [6.07, 6.45) is 3.26. The van der Waals surface area contributed by atoms with Gasteiger partial charge in [-0.05, 0) is 18.2 Å². The lowest BCUT2D eigenvalue weighted by atomic mass is 10.1. The molecule has 0 unspecified atom stereocenters. The Labute approximate surface area is 167 Å². The van der Waals surface area contributed by atoms with Crippen LogP contribution in [0.25, 0.3) is 11.3 Å². The van der Waals surface area contributed by atoms with Crippen molar-refractivity contribution in [1.29, 1.82) is 0 Å². The van der Waals surface area contributed by atoms with Crippen molar-refractivity contribution in [2.45, 2.75) is 24.7 Å². The maximum atomic E-state index is 11.6. The molecule has 0 radical (unpaired) electrons. The molecule has 2 aromatic heterocycles. The molecule has 0 saturated heterocycles. The number of aromatic nitrogens is 2. The van der Waals surface area contributed by atoms with Crippen LogP contribution in [-0.2, 0) is 29.3 Å². The van der Waals surface area contributed by atoms with Crippen LogP contribution in [0.15, 0.2) is 52.2 Å². The van der Waals surface area contributed by atoms with Crippen LogP contribution >= 0.6 is 0 Å². The van der Waals surface area contributed by atoms with E-state index in [-0.39, 0.29) is 10.8 Å². The first kappa shape index (κ1) is 19.2. The number of benzene rings is 1. The van der Waals surface area contributed by atoms with Crippen molar-refractivity contribution in [1.82, 2.24) is 14.9 Å². The van der Waals surface area contributed by atoms with Gasteiger partial charge in [0.05, 0.1) is 22.7 Å². The van der Waals surface area contributed by atoms with Gasteiger partial charge in [-0.25, -0.2) is 18.4 Å². The monoisotopic (exact) mass is 414 g/mol. The zero-order valence-electron chi connectivity index (χ0n) is 15.6. The highest BCUT2D eigenvalue weighted by atomic mass is 32.2. The lowest BCUT2D eigenvalue weighted by Gasteiger charge is -2.27. The summed E-state index contributed by atoms with van der Waals surface area (Å²) >= 11 is 0. The van der Waals surface area contributed by atoms with Gasteiger partial charge in [0, 0.05) is 43.6 Å². The molecule has 0 aliphatic carbocycles. The normalized spacial score (nSPS) is 14.5. The molecule has 0 N–H and O–H groups in total.